The van der Waals surface area contributed by atoms with Gasteiger partial charge < -0.3 is 10.1 Å². The largest absolute Gasteiger partial charge is 0.497 e. The fourth-order valence-electron chi connectivity index (χ4n) is 2.10. The van der Waals surface area contributed by atoms with E-state index in [1.807, 2.05) is 54.6 Å². The summed E-state index contributed by atoms with van der Waals surface area (Å²) in [7, 11) is 1.61. The molecule has 0 spiro atoms. The molecule has 2 aromatic carbocycles. The molecule has 3 rings (SSSR count). The maximum Gasteiger partial charge on any atom is 0.273 e. The number of benzene rings is 2. The van der Waals surface area contributed by atoms with Crippen LogP contribution in [0.2, 0.25) is 0 Å². The van der Waals surface area contributed by atoms with Crippen molar-refractivity contribution in [2.75, 3.05) is 7.11 Å². The third kappa shape index (κ3) is 3.55. The number of amides is 1. The Hall–Kier alpha value is -3.15. The minimum atomic E-state index is -0.256. The molecule has 0 fully saturated rings. The molecule has 0 radical (unpaired) electrons. The smallest absolute Gasteiger partial charge is 0.273 e. The highest BCUT2D eigenvalue weighted by atomic mass is 16.5. The van der Waals surface area contributed by atoms with Crippen LogP contribution in [0, 0.1) is 0 Å². The number of hydrogen-bond donors (Lipinski definition) is 1. The average Bonchev–Trinajstić information content (AvgIpc) is 3.11. The van der Waals surface area contributed by atoms with Crippen LogP contribution in [-0.4, -0.2) is 28.0 Å². The molecule has 0 aliphatic heterocycles. The molecule has 3 aromatic rings. The molecule has 23 heavy (non-hydrogen) atoms. The van der Waals surface area contributed by atoms with E-state index in [-0.39, 0.29) is 11.6 Å². The van der Waals surface area contributed by atoms with Crippen LogP contribution in [0.15, 0.2) is 60.8 Å². The monoisotopic (exact) mass is 308 g/mol. The number of carbonyl (C=O) groups excluding carboxylic acids is 1. The van der Waals surface area contributed by atoms with Crippen molar-refractivity contribution in [3.8, 4) is 11.4 Å². The van der Waals surface area contributed by atoms with Crippen LogP contribution < -0.4 is 10.1 Å². The number of aromatic nitrogens is 3. The molecule has 1 aromatic heterocycles. The van der Waals surface area contributed by atoms with Crippen LogP contribution >= 0.6 is 0 Å². The second kappa shape index (κ2) is 6.74. The minimum Gasteiger partial charge on any atom is -0.497 e. The molecule has 0 saturated carbocycles. The lowest BCUT2D eigenvalue weighted by Crippen LogP contribution is -2.23. The van der Waals surface area contributed by atoms with Gasteiger partial charge in [-0.2, -0.15) is 0 Å². The van der Waals surface area contributed by atoms with Gasteiger partial charge in [0, 0.05) is 6.54 Å². The number of nitrogens with one attached hydrogen (secondary N) is 1. The van der Waals surface area contributed by atoms with E-state index < -0.39 is 0 Å². The van der Waals surface area contributed by atoms with Gasteiger partial charge in [-0.3, -0.25) is 4.79 Å². The molecule has 1 amide bonds. The standard InChI is InChI=1S/C17H16N4O2/c1-23-15-9-7-14(8-10-15)21-12-16(19-20-21)17(22)18-11-13-5-3-2-4-6-13/h2-10,12H,11H2,1H3,(H,18,22). The van der Waals surface area contributed by atoms with E-state index in [4.69, 9.17) is 4.74 Å². The number of hydrogen-bond acceptors (Lipinski definition) is 4. The Bertz CT molecular complexity index is 782. The van der Waals surface area contributed by atoms with Crippen molar-refractivity contribution >= 4 is 5.91 Å². The van der Waals surface area contributed by atoms with E-state index in [9.17, 15) is 4.79 Å². The van der Waals surface area contributed by atoms with E-state index >= 15 is 0 Å². The van der Waals surface area contributed by atoms with Crippen molar-refractivity contribution in [1.82, 2.24) is 20.3 Å². The van der Waals surface area contributed by atoms with Crippen molar-refractivity contribution in [2.45, 2.75) is 6.54 Å². The van der Waals surface area contributed by atoms with Gasteiger partial charge in [0.15, 0.2) is 5.69 Å². The molecule has 0 bridgehead atoms. The van der Waals surface area contributed by atoms with E-state index in [2.05, 4.69) is 15.6 Å². The fourth-order valence-corrected chi connectivity index (χ4v) is 2.10. The van der Waals surface area contributed by atoms with Crippen LogP contribution in [0.5, 0.6) is 5.75 Å². The topological polar surface area (TPSA) is 69.0 Å². The van der Waals surface area contributed by atoms with Crippen LogP contribution in [0.3, 0.4) is 0 Å². The molecule has 6 heteroatoms. The normalized spacial score (nSPS) is 10.3. The van der Waals surface area contributed by atoms with E-state index in [1.165, 1.54) is 0 Å². The highest BCUT2D eigenvalue weighted by Gasteiger charge is 2.11. The van der Waals surface area contributed by atoms with Gasteiger partial charge in [0.25, 0.3) is 5.91 Å². The van der Waals surface area contributed by atoms with Gasteiger partial charge in [-0.15, -0.1) is 5.10 Å². The Kier molecular flexibility index (Phi) is 4.33. The van der Waals surface area contributed by atoms with Crippen LogP contribution in [-0.2, 0) is 6.54 Å². The Balaban J connectivity index is 1.67. The molecular formula is C17H16N4O2. The molecule has 0 atom stereocenters. The summed E-state index contributed by atoms with van der Waals surface area (Å²) >= 11 is 0. The predicted molar refractivity (Wildman–Crippen MR) is 85.5 cm³/mol. The summed E-state index contributed by atoms with van der Waals surface area (Å²) in [5.41, 5.74) is 2.11. The number of carbonyl (C=O) groups is 1. The van der Waals surface area contributed by atoms with E-state index in [0.717, 1.165) is 17.0 Å². The molecule has 0 saturated heterocycles. The number of rotatable bonds is 5. The van der Waals surface area contributed by atoms with Crippen molar-refractivity contribution in [3.63, 3.8) is 0 Å². The molecule has 0 aliphatic rings. The summed E-state index contributed by atoms with van der Waals surface area (Å²) in [6.07, 6.45) is 1.60. The highest BCUT2D eigenvalue weighted by Crippen LogP contribution is 2.14. The highest BCUT2D eigenvalue weighted by molar-refractivity contribution is 5.91. The average molecular weight is 308 g/mol. The van der Waals surface area contributed by atoms with Crippen LogP contribution in [0.1, 0.15) is 16.1 Å². The Morgan fingerprint density at radius 2 is 1.87 bits per heavy atom. The number of ether oxygens (including phenoxy) is 1. The lowest BCUT2D eigenvalue weighted by atomic mass is 10.2. The van der Waals surface area contributed by atoms with Crippen molar-refractivity contribution in [1.29, 1.82) is 0 Å². The Morgan fingerprint density at radius 3 is 2.57 bits per heavy atom. The maximum absolute atomic E-state index is 12.1. The fraction of sp³-hybridized carbons (Fsp3) is 0.118. The third-order valence-electron chi connectivity index (χ3n) is 3.36. The van der Waals surface area contributed by atoms with Crippen LogP contribution in [0.25, 0.3) is 5.69 Å². The first-order chi connectivity index (χ1) is 11.3. The first-order valence-electron chi connectivity index (χ1n) is 7.15. The molecule has 0 aliphatic carbocycles. The maximum atomic E-state index is 12.1. The minimum absolute atomic E-state index is 0.256. The molecule has 1 N–H and O–H groups in total. The zero-order valence-electron chi connectivity index (χ0n) is 12.6. The third-order valence-corrected chi connectivity index (χ3v) is 3.36. The summed E-state index contributed by atoms with van der Waals surface area (Å²) in [5.74, 6) is 0.503. The summed E-state index contributed by atoms with van der Waals surface area (Å²) in [6.45, 7) is 0.453. The van der Waals surface area contributed by atoms with Gasteiger partial charge in [0.2, 0.25) is 0 Å². The molecule has 116 valence electrons. The molecular weight excluding hydrogens is 292 g/mol. The SMILES string of the molecule is COc1ccc(-n2cc(C(=O)NCc3ccccc3)nn2)cc1. The van der Waals surface area contributed by atoms with Gasteiger partial charge in [0.1, 0.15) is 5.75 Å². The number of methoxy groups -OCH3 is 1. The Labute approximate surface area is 133 Å². The zero-order chi connectivity index (χ0) is 16.1. The van der Waals surface area contributed by atoms with Gasteiger partial charge in [-0.05, 0) is 29.8 Å². The lowest BCUT2D eigenvalue weighted by Gasteiger charge is -2.03. The second-order valence-corrected chi connectivity index (χ2v) is 4.91. The molecule has 6 nitrogen and oxygen atoms in total. The van der Waals surface area contributed by atoms with Crippen molar-refractivity contribution in [3.05, 3.63) is 72.1 Å². The number of nitrogens with zero attached hydrogens (tertiary/aromatic N) is 3. The zero-order valence-corrected chi connectivity index (χ0v) is 12.6. The summed E-state index contributed by atoms with van der Waals surface area (Å²) in [4.78, 5) is 12.1. The lowest BCUT2D eigenvalue weighted by molar-refractivity contribution is 0.0946. The van der Waals surface area contributed by atoms with Gasteiger partial charge in [0.05, 0.1) is 19.0 Å². The predicted octanol–water partition coefficient (Wildman–Crippen LogP) is 2.21. The first kappa shape index (κ1) is 14.8. The summed E-state index contributed by atoms with van der Waals surface area (Å²) in [6, 6.07) is 17.0. The van der Waals surface area contributed by atoms with E-state index in [0.29, 0.717) is 6.54 Å². The first-order valence-corrected chi connectivity index (χ1v) is 7.15. The van der Waals surface area contributed by atoms with Crippen molar-refractivity contribution < 1.29 is 9.53 Å². The van der Waals surface area contributed by atoms with Gasteiger partial charge >= 0.3 is 0 Å². The van der Waals surface area contributed by atoms with Gasteiger partial charge in [-0.1, -0.05) is 35.5 Å². The van der Waals surface area contributed by atoms with Gasteiger partial charge in [-0.25, -0.2) is 4.68 Å². The second-order valence-electron chi connectivity index (χ2n) is 4.91. The molecule has 0 unspecified atom stereocenters. The quantitative estimate of drug-likeness (QED) is 0.784. The summed E-state index contributed by atoms with van der Waals surface area (Å²) in [5, 5.41) is 10.7. The van der Waals surface area contributed by atoms with Crippen molar-refractivity contribution in [2.24, 2.45) is 0 Å². The summed E-state index contributed by atoms with van der Waals surface area (Å²) < 4.78 is 6.67. The Morgan fingerprint density at radius 1 is 1.13 bits per heavy atom. The van der Waals surface area contributed by atoms with Crippen LogP contribution in [0.4, 0.5) is 0 Å². The van der Waals surface area contributed by atoms with E-state index in [1.54, 1.807) is 18.0 Å². The molecule has 1 heterocycles.